The first-order valence-electron chi connectivity index (χ1n) is 9.64. The Bertz CT molecular complexity index is 890. The molecule has 5 heteroatoms. The number of carbonyl (C=O) groups is 1. The van der Waals surface area contributed by atoms with Crippen LogP contribution in [0.1, 0.15) is 44.4 Å². The predicted molar refractivity (Wildman–Crippen MR) is 118 cm³/mol. The zero-order chi connectivity index (χ0) is 19.9. The lowest BCUT2D eigenvalue weighted by molar-refractivity contribution is -0.119. The highest BCUT2D eigenvalue weighted by Gasteiger charge is 2.09. The first-order valence-corrected chi connectivity index (χ1v) is 10.5. The van der Waals surface area contributed by atoms with Gasteiger partial charge in [-0.25, -0.2) is 4.98 Å². The minimum Gasteiger partial charge on any atom is -0.355 e. The monoisotopic (exact) mass is 393 g/mol. The van der Waals surface area contributed by atoms with Gasteiger partial charge in [0.15, 0.2) is 5.13 Å². The molecule has 0 aliphatic rings. The number of hydrogen-bond acceptors (Lipinski definition) is 4. The third-order valence-corrected chi connectivity index (χ3v) is 5.48. The van der Waals surface area contributed by atoms with Crippen molar-refractivity contribution in [1.82, 2.24) is 10.3 Å². The second kappa shape index (κ2) is 9.51. The molecule has 4 nitrogen and oxygen atoms in total. The number of carbonyl (C=O) groups excluding carboxylic acids is 1. The number of rotatable bonds is 8. The van der Waals surface area contributed by atoms with Crippen LogP contribution in [0.5, 0.6) is 0 Å². The van der Waals surface area contributed by atoms with E-state index in [9.17, 15) is 4.79 Å². The average Bonchev–Trinajstić information content (AvgIpc) is 3.15. The largest absolute Gasteiger partial charge is 0.355 e. The van der Waals surface area contributed by atoms with Gasteiger partial charge in [0.2, 0.25) is 5.91 Å². The molecule has 0 aliphatic heterocycles. The third kappa shape index (κ3) is 5.67. The molecule has 0 aliphatic carbocycles. The molecule has 0 saturated carbocycles. The minimum atomic E-state index is 0.0253. The molecule has 2 N–H and O–H groups in total. The quantitative estimate of drug-likeness (QED) is 0.536. The molecule has 0 bridgehead atoms. The maximum absolute atomic E-state index is 11.1. The van der Waals surface area contributed by atoms with Crippen LogP contribution < -0.4 is 10.6 Å². The highest BCUT2D eigenvalue weighted by atomic mass is 32.1. The van der Waals surface area contributed by atoms with Crippen molar-refractivity contribution < 1.29 is 4.79 Å². The Balaban J connectivity index is 1.58. The Morgan fingerprint density at radius 1 is 1.07 bits per heavy atom. The highest BCUT2D eigenvalue weighted by molar-refractivity contribution is 7.14. The molecular weight excluding hydrogens is 366 g/mol. The number of hydrogen-bond donors (Lipinski definition) is 2. The van der Waals surface area contributed by atoms with Crippen molar-refractivity contribution >= 4 is 22.4 Å². The number of nitrogens with zero attached hydrogens (tertiary/aromatic N) is 1. The average molecular weight is 394 g/mol. The normalized spacial score (nSPS) is 13.0. The number of aromatic nitrogens is 1. The van der Waals surface area contributed by atoms with Crippen LogP contribution in [0.3, 0.4) is 0 Å². The van der Waals surface area contributed by atoms with Crippen LogP contribution in [0.4, 0.5) is 5.13 Å². The van der Waals surface area contributed by atoms with E-state index in [0.717, 1.165) is 29.2 Å². The molecule has 0 radical (unpaired) electrons. The fourth-order valence-corrected chi connectivity index (χ4v) is 3.94. The van der Waals surface area contributed by atoms with Gasteiger partial charge in [0.05, 0.1) is 11.7 Å². The summed E-state index contributed by atoms with van der Waals surface area (Å²) in [5, 5.41) is 9.43. The topological polar surface area (TPSA) is 54.0 Å². The van der Waals surface area contributed by atoms with E-state index >= 15 is 0 Å². The van der Waals surface area contributed by atoms with Gasteiger partial charge >= 0.3 is 0 Å². The van der Waals surface area contributed by atoms with Gasteiger partial charge in [0, 0.05) is 23.9 Å². The summed E-state index contributed by atoms with van der Waals surface area (Å²) in [4.78, 5) is 15.8. The molecule has 2 atom stereocenters. The maximum Gasteiger partial charge on any atom is 0.217 e. The van der Waals surface area contributed by atoms with E-state index in [1.54, 1.807) is 18.3 Å². The van der Waals surface area contributed by atoms with Gasteiger partial charge in [-0.15, -0.1) is 11.3 Å². The standard InChI is InChI=1S/C23H27N3OS/c1-16(24-18(3)27)9-10-19-11-13-21(14-12-19)22-15-28-23(26-22)25-17(2)20-7-5-4-6-8-20/h4-8,11-17H,9-10H2,1-3H3,(H,24,27)(H,25,26)/t16-,17+/m1/s1. The van der Waals surface area contributed by atoms with E-state index in [1.807, 2.05) is 13.0 Å². The molecule has 0 unspecified atom stereocenters. The van der Waals surface area contributed by atoms with Crippen molar-refractivity contribution in [3.63, 3.8) is 0 Å². The lowest BCUT2D eigenvalue weighted by Crippen LogP contribution is -2.30. The van der Waals surface area contributed by atoms with Crippen LogP contribution in [0.15, 0.2) is 60.0 Å². The van der Waals surface area contributed by atoms with Crippen LogP contribution >= 0.6 is 11.3 Å². The van der Waals surface area contributed by atoms with E-state index in [2.05, 4.69) is 71.5 Å². The molecule has 3 rings (SSSR count). The first kappa shape index (κ1) is 20.1. The Morgan fingerprint density at radius 2 is 1.79 bits per heavy atom. The lowest BCUT2D eigenvalue weighted by atomic mass is 10.0. The SMILES string of the molecule is CC(=O)N[C@H](C)CCc1ccc(-c2csc(N[C@@H](C)c3ccccc3)n2)cc1. The third-order valence-electron chi connectivity index (χ3n) is 4.71. The molecule has 1 aromatic heterocycles. The molecule has 1 amide bonds. The Morgan fingerprint density at radius 3 is 2.46 bits per heavy atom. The minimum absolute atomic E-state index is 0.0253. The van der Waals surface area contributed by atoms with Crippen LogP contribution in [0.2, 0.25) is 0 Å². The van der Waals surface area contributed by atoms with E-state index in [1.165, 1.54) is 11.1 Å². The van der Waals surface area contributed by atoms with Gasteiger partial charge in [-0.2, -0.15) is 0 Å². The molecule has 28 heavy (non-hydrogen) atoms. The summed E-state index contributed by atoms with van der Waals surface area (Å²) in [5.74, 6) is 0.0253. The molecule has 0 fully saturated rings. The maximum atomic E-state index is 11.1. The summed E-state index contributed by atoms with van der Waals surface area (Å²) < 4.78 is 0. The summed E-state index contributed by atoms with van der Waals surface area (Å²) in [6.45, 7) is 5.74. The molecular formula is C23H27N3OS. The summed E-state index contributed by atoms with van der Waals surface area (Å²) in [5.41, 5.74) is 4.63. The molecule has 0 saturated heterocycles. The number of benzene rings is 2. The van der Waals surface area contributed by atoms with Crippen molar-refractivity contribution in [3.8, 4) is 11.3 Å². The van der Waals surface area contributed by atoms with Gasteiger partial charge in [0.25, 0.3) is 0 Å². The van der Waals surface area contributed by atoms with Crippen molar-refractivity contribution in [2.45, 2.75) is 45.7 Å². The Labute approximate surface area is 171 Å². The Kier molecular flexibility index (Phi) is 6.82. The van der Waals surface area contributed by atoms with Crippen molar-refractivity contribution in [3.05, 3.63) is 71.1 Å². The number of aryl methyl sites for hydroxylation is 1. The van der Waals surface area contributed by atoms with Crippen molar-refractivity contribution in [1.29, 1.82) is 0 Å². The van der Waals surface area contributed by atoms with Crippen LogP contribution in [-0.4, -0.2) is 16.9 Å². The second-order valence-corrected chi connectivity index (χ2v) is 8.01. The summed E-state index contributed by atoms with van der Waals surface area (Å²) in [6, 6.07) is 19.3. The van der Waals surface area contributed by atoms with E-state index in [0.29, 0.717) is 0 Å². The molecule has 3 aromatic rings. The van der Waals surface area contributed by atoms with Gasteiger partial charge in [-0.1, -0.05) is 54.6 Å². The van der Waals surface area contributed by atoms with Crippen molar-refractivity contribution in [2.75, 3.05) is 5.32 Å². The fourth-order valence-electron chi connectivity index (χ4n) is 3.13. The van der Waals surface area contributed by atoms with E-state index in [4.69, 9.17) is 4.98 Å². The van der Waals surface area contributed by atoms with Gasteiger partial charge in [0.1, 0.15) is 0 Å². The van der Waals surface area contributed by atoms with Crippen molar-refractivity contribution in [2.24, 2.45) is 0 Å². The summed E-state index contributed by atoms with van der Waals surface area (Å²) in [6.07, 6.45) is 1.88. The molecule has 0 spiro atoms. The number of nitrogens with one attached hydrogen (secondary N) is 2. The van der Waals surface area contributed by atoms with Crippen LogP contribution in [0, 0.1) is 0 Å². The molecule has 146 valence electrons. The van der Waals surface area contributed by atoms with Gasteiger partial charge < -0.3 is 10.6 Å². The van der Waals surface area contributed by atoms with Gasteiger partial charge in [-0.3, -0.25) is 4.79 Å². The van der Waals surface area contributed by atoms with Crippen LogP contribution in [-0.2, 0) is 11.2 Å². The smallest absolute Gasteiger partial charge is 0.217 e. The van der Waals surface area contributed by atoms with E-state index < -0.39 is 0 Å². The first-order chi connectivity index (χ1) is 13.5. The number of amides is 1. The van der Waals surface area contributed by atoms with E-state index in [-0.39, 0.29) is 18.0 Å². The Hall–Kier alpha value is -2.66. The lowest BCUT2D eigenvalue weighted by Gasteiger charge is -2.13. The molecule has 2 aromatic carbocycles. The summed E-state index contributed by atoms with van der Waals surface area (Å²) >= 11 is 1.63. The zero-order valence-corrected chi connectivity index (χ0v) is 17.4. The number of thiazole rings is 1. The summed E-state index contributed by atoms with van der Waals surface area (Å²) in [7, 11) is 0. The zero-order valence-electron chi connectivity index (χ0n) is 16.6. The molecule has 1 heterocycles. The van der Waals surface area contributed by atoms with Crippen LogP contribution in [0.25, 0.3) is 11.3 Å². The number of anilines is 1. The predicted octanol–water partition coefficient (Wildman–Crippen LogP) is 5.44. The highest BCUT2D eigenvalue weighted by Crippen LogP contribution is 2.28. The fraction of sp³-hybridized carbons (Fsp3) is 0.304. The second-order valence-electron chi connectivity index (χ2n) is 7.15. The van der Waals surface area contributed by atoms with Gasteiger partial charge in [-0.05, 0) is 37.8 Å².